The Labute approximate surface area is 179 Å². The number of pyridine rings is 1. The van der Waals surface area contributed by atoms with Crippen LogP contribution in [0.4, 0.5) is 0 Å². The molecule has 4 unspecified atom stereocenters. The summed E-state index contributed by atoms with van der Waals surface area (Å²) < 4.78 is 0. The highest BCUT2D eigenvalue weighted by Crippen LogP contribution is 2.43. The number of fused-ring (bicyclic) bond motifs is 1. The number of hydrogen-bond donors (Lipinski definition) is 0. The van der Waals surface area contributed by atoms with Gasteiger partial charge in [-0.25, -0.2) is 0 Å². The Bertz CT molecular complexity index is 908. The van der Waals surface area contributed by atoms with Crippen molar-refractivity contribution < 1.29 is 4.79 Å². The number of allylic oxidation sites excluding steroid dienone is 1. The minimum absolute atomic E-state index is 0.108. The summed E-state index contributed by atoms with van der Waals surface area (Å²) in [5.41, 5.74) is 3.50. The summed E-state index contributed by atoms with van der Waals surface area (Å²) in [6.07, 6.45) is 11.9. The second-order valence-electron chi connectivity index (χ2n) is 9.21. The average molecular weight is 402 g/mol. The fourth-order valence-corrected chi connectivity index (χ4v) is 5.54. The van der Waals surface area contributed by atoms with Gasteiger partial charge in [-0.05, 0) is 67.8 Å². The van der Waals surface area contributed by atoms with Crippen LogP contribution in [0.25, 0.3) is 0 Å². The summed E-state index contributed by atoms with van der Waals surface area (Å²) in [7, 11) is 0. The van der Waals surface area contributed by atoms with Gasteiger partial charge >= 0.3 is 0 Å². The zero-order valence-corrected chi connectivity index (χ0v) is 17.8. The largest absolute Gasteiger partial charge is 0.338 e. The minimum Gasteiger partial charge on any atom is -0.338 e. The zero-order chi connectivity index (χ0) is 20.5. The lowest BCUT2D eigenvalue weighted by Gasteiger charge is -2.22. The molecule has 0 saturated carbocycles. The van der Waals surface area contributed by atoms with Crippen molar-refractivity contribution in [2.75, 3.05) is 26.2 Å². The summed E-state index contributed by atoms with van der Waals surface area (Å²) in [5.74, 6) is 1.47. The van der Waals surface area contributed by atoms with E-state index in [1.165, 1.54) is 37.1 Å². The topological polar surface area (TPSA) is 36.4 Å². The molecule has 0 radical (unpaired) electrons. The first-order valence-electron chi connectivity index (χ1n) is 11.4. The van der Waals surface area contributed by atoms with E-state index in [9.17, 15) is 4.79 Å². The molecule has 2 aromatic rings. The van der Waals surface area contributed by atoms with Crippen molar-refractivity contribution in [1.82, 2.24) is 14.8 Å². The lowest BCUT2D eigenvalue weighted by atomic mass is 9.85. The van der Waals surface area contributed by atoms with E-state index in [2.05, 4.69) is 53.2 Å². The fourth-order valence-electron chi connectivity index (χ4n) is 5.54. The molecule has 0 spiro atoms. The fraction of sp³-hybridized carbons (Fsp3) is 0.462. The van der Waals surface area contributed by atoms with E-state index in [1.54, 1.807) is 12.4 Å². The maximum atomic E-state index is 12.8. The van der Waals surface area contributed by atoms with Crippen LogP contribution in [0.3, 0.4) is 0 Å². The van der Waals surface area contributed by atoms with Crippen LogP contribution in [0.1, 0.15) is 47.2 Å². The van der Waals surface area contributed by atoms with E-state index < -0.39 is 0 Å². The second kappa shape index (κ2) is 8.35. The number of rotatable bonds is 5. The Morgan fingerprint density at radius 3 is 2.73 bits per heavy atom. The molecule has 2 saturated heterocycles. The third-order valence-electron chi connectivity index (χ3n) is 7.38. The molecular weight excluding hydrogens is 370 g/mol. The Morgan fingerprint density at radius 1 is 1.13 bits per heavy atom. The third kappa shape index (κ3) is 3.81. The van der Waals surface area contributed by atoms with Gasteiger partial charge in [0.05, 0.1) is 5.56 Å². The van der Waals surface area contributed by atoms with Gasteiger partial charge < -0.3 is 9.80 Å². The van der Waals surface area contributed by atoms with Gasteiger partial charge in [0.15, 0.2) is 0 Å². The van der Waals surface area contributed by atoms with Crippen molar-refractivity contribution in [2.45, 2.75) is 38.1 Å². The highest BCUT2D eigenvalue weighted by molar-refractivity contribution is 5.94. The van der Waals surface area contributed by atoms with Crippen LogP contribution in [0.15, 0.2) is 60.9 Å². The van der Waals surface area contributed by atoms with E-state index in [-0.39, 0.29) is 5.91 Å². The van der Waals surface area contributed by atoms with Gasteiger partial charge in [-0.2, -0.15) is 0 Å². The molecular formula is C26H31N3O. The number of aromatic nitrogens is 1. The zero-order valence-electron chi connectivity index (χ0n) is 17.8. The number of carbonyl (C=O) groups excluding carboxylic acids is 1. The molecule has 1 amide bonds. The van der Waals surface area contributed by atoms with Gasteiger partial charge in [-0.15, -0.1) is 0 Å². The highest BCUT2D eigenvalue weighted by atomic mass is 16.2. The molecule has 156 valence electrons. The number of benzene rings is 1. The Balaban J connectivity index is 1.21. The first-order valence-corrected chi connectivity index (χ1v) is 11.4. The SMILES string of the molecule is CC1CCCN1CCc1ccc(C2C=CC3CN(C(=O)c4cccnc4)CC32)cc1. The van der Waals surface area contributed by atoms with Crippen LogP contribution >= 0.6 is 0 Å². The summed E-state index contributed by atoms with van der Waals surface area (Å²) in [5, 5.41) is 0. The van der Waals surface area contributed by atoms with Gasteiger partial charge in [0.25, 0.3) is 5.91 Å². The number of amides is 1. The second-order valence-corrected chi connectivity index (χ2v) is 9.21. The standard InChI is InChI=1S/C26H31N3O/c1-19-4-3-14-28(19)15-12-20-6-8-21(9-7-20)24-11-10-23-17-29(18-25(23)24)26(30)22-5-2-13-27-16-22/h2,5-11,13,16,19,23-25H,3-4,12,14-15,17-18H2,1H3. The number of nitrogens with zero attached hydrogens (tertiary/aromatic N) is 3. The normalized spacial score (nSPS) is 28.2. The molecule has 3 aliphatic rings. The molecule has 1 aromatic heterocycles. The van der Waals surface area contributed by atoms with Gasteiger partial charge in [0, 0.05) is 44.0 Å². The molecule has 3 heterocycles. The van der Waals surface area contributed by atoms with Crippen molar-refractivity contribution >= 4 is 5.91 Å². The van der Waals surface area contributed by atoms with Gasteiger partial charge in [-0.3, -0.25) is 9.78 Å². The molecule has 0 N–H and O–H groups in total. The molecule has 4 atom stereocenters. The van der Waals surface area contributed by atoms with Crippen LogP contribution in [-0.2, 0) is 6.42 Å². The lowest BCUT2D eigenvalue weighted by molar-refractivity contribution is 0.0783. The van der Waals surface area contributed by atoms with Gasteiger partial charge in [0.2, 0.25) is 0 Å². The van der Waals surface area contributed by atoms with Crippen molar-refractivity contribution in [3.8, 4) is 0 Å². The number of carbonyl (C=O) groups is 1. The summed E-state index contributed by atoms with van der Waals surface area (Å²) in [6, 6.07) is 13.7. The molecule has 4 nitrogen and oxygen atoms in total. The maximum Gasteiger partial charge on any atom is 0.255 e. The predicted molar refractivity (Wildman–Crippen MR) is 119 cm³/mol. The molecule has 4 heteroatoms. The van der Waals surface area contributed by atoms with Crippen molar-refractivity contribution in [3.63, 3.8) is 0 Å². The van der Waals surface area contributed by atoms with Crippen molar-refractivity contribution in [2.24, 2.45) is 11.8 Å². The molecule has 5 rings (SSSR count). The summed E-state index contributed by atoms with van der Waals surface area (Å²) in [6.45, 7) is 6.41. The smallest absolute Gasteiger partial charge is 0.255 e. The molecule has 0 bridgehead atoms. The Morgan fingerprint density at radius 2 is 2.00 bits per heavy atom. The van der Waals surface area contributed by atoms with Gasteiger partial charge in [0.1, 0.15) is 0 Å². The van der Waals surface area contributed by atoms with Crippen LogP contribution < -0.4 is 0 Å². The molecule has 30 heavy (non-hydrogen) atoms. The summed E-state index contributed by atoms with van der Waals surface area (Å²) >= 11 is 0. The van der Waals surface area contributed by atoms with E-state index in [0.717, 1.165) is 25.6 Å². The Hall–Kier alpha value is -2.46. The van der Waals surface area contributed by atoms with Crippen LogP contribution in [0.5, 0.6) is 0 Å². The summed E-state index contributed by atoms with van der Waals surface area (Å²) in [4.78, 5) is 21.6. The molecule has 2 fully saturated rings. The Kier molecular flexibility index (Phi) is 5.43. The average Bonchev–Trinajstić information content (AvgIpc) is 3.49. The van der Waals surface area contributed by atoms with Crippen LogP contribution in [0.2, 0.25) is 0 Å². The minimum atomic E-state index is 0.108. The number of likely N-dealkylation sites (tertiary alicyclic amines) is 2. The first kappa shape index (κ1) is 19.5. The van der Waals surface area contributed by atoms with Gasteiger partial charge in [-0.1, -0.05) is 36.4 Å². The van der Waals surface area contributed by atoms with Crippen LogP contribution in [-0.4, -0.2) is 52.9 Å². The van der Waals surface area contributed by atoms with Crippen molar-refractivity contribution in [1.29, 1.82) is 0 Å². The van der Waals surface area contributed by atoms with Crippen molar-refractivity contribution in [3.05, 3.63) is 77.6 Å². The monoisotopic (exact) mass is 401 g/mol. The highest BCUT2D eigenvalue weighted by Gasteiger charge is 2.41. The molecule has 2 aliphatic heterocycles. The lowest BCUT2D eigenvalue weighted by Crippen LogP contribution is -2.29. The van der Waals surface area contributed by atoms with E-state index in [0.29, 0.717) is 23.3 Å². The molecule has 1 aliphatic carbocycles. The van der Waals surface area contributed by atoms with Crippen LogP contribution in [0, 0.1) is 11.8 Å². The van der Waals surface area contributed by atoms with E-state index in [1.807, 2.05) is 17.0 Å². The van der Waals surface area contributed by atoms with E-state index in [4.69, 9.17) is 0 Å². The first-order chi connectivity index (χ1) is 14.7. The maximum absolute atomic E-state index is 12.8. The van der Waals surface area contributed by atoms with E-state index >= 15 is 0 Å². The number of hydrogen-bond acceptors (Lipinski definition) is 3. The third-order valence-corrected chi connectivity index (χ3v) is 7.38. The molecule has 1 aromatic carbocycles. The quantitative estimate of drug-likeness (QED) is 0.706. The predicted octanol–water partition coefficient (Wildman–Crippen LogP) is 4.15.